The molecule has 0 aliphatic rings. The van der Waals surface area contributed by atoms with Crippen LogP contribution in [-0.2, 0) is 20.9 Å². The fourth-order valence-corrected chi connectivity index (χ4v) is 6.29. The molecule has 1 rings (SSSR count). The summed E-state index contributed by atoms with van der Waals surface area (Å²) in [5.41, 5.74) is 1.26. The monoisotopic (exact) mass is 601 g/mol. The number of unbranched alkanes of at least 4 members (excludes halogenated alkanes) is 1. The second kappa shape index (κ2) is 18.1. The van der Waals surface area contributed by atoms with Gasteiger partial charge in [0, 0.05) is 6.42 Å². The van der Waals surface area contributed by atoms with E-state index in [0.717, 1.165) is 25.9 Å². The van der Waals surface area contributed by atoms with Crippen molar-refractivity contribution in [3.05, 3.63) is 41.7 Å². The van der Waals surface area contributed by atoms with Gasteiger partial charge in [-0.15, -0.1) is 0 Å². The average molecular weight is 600 g/mol. The number of hydrogen-bond donors (Lipinski definition) is 6. The molecule has 35 heavy (non-hydrogen) atoms. The van der Waals surface area contributed by atoms with Crippen molar-refractivity contribution >= 4 is 39.9 Å². The molecular formula is C25H43N3O6Sn. The third kappa shape index (κ3) is 16.9. The molecule has 0 aliphatic heterocycles. The van der Waals surface area contributed by atoms with E-state index in [1.807, 2.05) is 6.92 Å². The summed E-state index contributed by atoms with van der Waals surface area (Å²) in [6, 6.07) is 8.16. The maximum atomic E-state index is 11.5. The summed E-state index contributed by atoms with van der Waals surface area (Å²) in [6.07, 6.45) is 4.75. The minimum atomic E-state index is -1.99. The minimum absolute atomic E-state index is 0.222. The predicted octanol–water partition coefficient (Wildman–Crippen LogP) is 2.94. The van der Waals surface area contributed by atoms with Crippen LogP contribution in [-0.4, -0.2) is 70.7 Å². The molecule has 198 valence electrons. The molecule has 1 atom stereocenters. The number of aliphatic carboxylic acids is 3. The molecule has 1 aromatic carbocycles. The molecule has 0 aliphatic carbocycles. The summed E-state index contributed by atoms with van der Waals surface area (Å²) >= 11 is -1.99. The van der Waals surface area contributed by atoms with Crippen molar-refractivity contribution in [2.24, 2.45) is 0 Å². The number of rotatable bonds is 16. The molecule has 6 N–H and O–H groups in total. The van der Waals surface area contributed by atoms with E-state index in [2.05, 4.69) is 55.0 Å². The van der Waals surface area contributed by atoms with Gasteiger partial charge in [0.1, 0.15) is 6.54 Å². The molecule has 0 bridgehead atoms. The Kier molecular flexibility index (Phi) is 16.9. The van der Waals surface area contributed by atoms with Crippen LogP contribution in [0.1, 0.15) is 51.5 Å². The molecule has 0 fully saturated rings. The zero-order valence-electron chi connectivity index (χ0n) is 21.7. The topological polar surface area (TPSA) is 148 Å². The van der Waals surface area contributed by atoms with Gasteiger partial charge in [-0.05, 0) is 12.5 Å². The van der Waals surface area contributed by atoms with Gasteiger partial charge in [0.05, 0.1) is 5.82 Å². The molecular weight excluding hydrogens is 557 g/mol. The summed E-state index contributed by atoms with van der Waals surface area (Å²) in [5, 5.41) is 35.0. The van der Waals surface area contributed by atoms with Crippen LogP contribution >= 0.6 is 0 Å². The quantitative estimate of drug-likeness (QED) is 0.125. The molecule has 0 saturated carbocycles. The van der Waals surface area contributed by atoms with Crippen molar-refractivity contribution in [1.29, 1.82) is 0 Å². The zero-order chi connectivity index (χ0) is 26.9. The van der Waals surface area contributed by atoms with Gasteiger partial charge in [0.2, 0.25) is 0 Å². The van der Waals surface area contributed by atoms with E-state index in [0.29, 0.717) is 18.7 Å². The van der Waals surface area contributed by atoms with Gasteiger partial charge in [0.15, 0.2) is 0 Å². The van der Waals surface area contributed by atoms with E-state index in [1.165, 1.54) is 9.14 Å². The van der Waals surface area contributed by atoms with E-state index in [4.69, 9.17) is 10.2 Å². The Morgan fingerprint density at radius 1 is 0.971 bits per heavy atom. The zero-order valence-corrected chi connectivity index (χ0v) is 24.5. The number of carboxylic acids is 3. The van der Waals surface area contributed by atoms with Crippen molar-refractivity contribution in [1.82, 2.24) is 16.0 Å². The molecule has 0 aromatic heterocycles. The minimum Gasteiger partial charge on any atom is -0.481 e. The van der Waals surface area contributed by atoms with Gasteiger partial charge in [-0.3, -0.25) is 9.59 Å². The standard InChI is InChI=1S/C19H28N3O4.C3H6O2.3CH3.Sn/c1-2-8-17(21-14-18(23)24)22-16(19(25)26)11-6-7-12-20-13-15-9-4-3-5-10-15;1-2-3(4)5;;;;/h4-5,8-10,16,20-22H,2,6-7,11-14H2,1H3,(H,23,24)(H,25,26);2H2,1H3,(H,4,5);3*1H3;/b17-8+;;;;;. The Bertz CT molecular complexity index is 806. The Balaban J connectivity index is 0.00000209. The SMILES string of the molecule is CC/C=C(\NCC(=O)O)NC(CCCCNCc1cc[c]([Sn]([CH3])([CH3])[CH3])cc1)C(=O)O.CCC(=O)O. The number of hydrogen-bond acceptors (Lipinski definition) is 6. The van der Waals surface area contributed by atoms with Crippen LogP contribution in [0.15, 0.2) is 36.2 Å². The van der Waals surface area contributed by atoms with Crippen molar-refractivity contribution in [3.63, 3.8) is 0 Å². The van der Waals surface area contributed by atoms with Gasteiger partial charge in [-0.2, -0.15) is 0 Å². The second-order valence-corrected chi connectivity index (χ2v) is 23.7. The predicted molar refractivity (Wildman–Crippen MR) is 141 cm³/mol. The van der Waals surface area contributed by atoms with E-state index in [1.54, 1.807) is 13.0 Å². The number of nitrogens with one attached hydrogen (secondary N) is 3. The number of carboxylic acid groups (broad SMARTS) is 3. The van der Waals surface area contributed by atoms with E-state index in [-0.39, 0.29) is 13.0 Å². The van der Waals surface area contributed by atoms with Crippen molar-refractivity contribution in [2.75, 3.05) is 13.1 Å². The summed E-state index contributed by atoms with van der Waals surface area (Å²) in [4.78, 5) is 38.8. The summed E-state index contributed by atoms with van der Waals surface area (Å²) < 4.78 is 1.52. The van der Waals surface area contributed by atoms with Gasteiger partial charge in [-0.1, -0.05) is 13.8 Å². The Labute approximate surface area is 213 Å². The third-order valence-electron chi connectivity index (χ3n) is 5.01. The molecule has 0 saturated heterocycles. The summed E-state index contributed by atoms with van der Waals surface area (Å²) in [5.74, 6) is -2.22. The van der Waals surface area contributed by atoms with Gasteiger partial charge in [-0.25, -0.2) is 4.79 Å². The fourth-order valence-electron chi connectivity index (χ4n) is 2.96. The normalized spacial score (nSPS) is 12.2. The van der Waals surface area contributed by atoms with Crippen LogP contribution in [0.5, 0.6) is 0 Å². The molecule has 1 unspecified atom stereocenters. The molecule has 0 heterocycles. The van der Waals surface area contributed by atoms with E-state index >= 15 is 0 Å². The summed E-state index contributed by atoms with van der Waals surface area (Å²) in [6.45, 7) is 4.88. The maximum absolute atomic E-state index is 11.5. The second-order valence-electron chi connectivity index (χ2n) is 9.18. The van der Waals surface area contributed by atoms with Crippen molar-refractivity contribution in [3.8, 4) is 0 Å². The van der Waals surface area contributed by atoms with Crippen LogP contribution in [0, 0.1) is 0 Å². The molecule has 0 radical (unpaired) electrons. The number of benzene rings is 1. The average Bonchev–Trinajstić information content (AvgIpc) is 2.78. The molecule has 1 aromatic rings. The Morgan fingerprint density at radius 3 is 2.03 bits per heavy atom. The van der Waals surface area contributed by atoms with Crippen LogP contribution < -0.4 is 19.5 Å². The van der Waals surface area contributed by atoms with Crippen molar-refractivity contribution < 1.29 is 29.7 Å². The summed E-state index contributed by atoms with van der Waals surface area (Å²) in [7, 11) is 0. The van der Waals surface area contributed by atoms with Crippen LogP contribution in [0.2, 0.25) is 14.8 Å². The first kappa shape index (κ1) is 32.7. The van der Waals surface area contributed by atoms with E-state index in [9.17, 15) is 19.5 Å². The number of carbonyl (C=O) groups is 3. The first-order valence-corrected chi connectivity index (χ1v) is 22.1. The third-order valence-corrected chi connectivity index (χ3v) is 10.9. The molecule has 10 heteroatoms. The van der Waals surface area contributed by atoms with Gasteiger partial charge >= 0.3 is 134 Å². The Morgan fingerprint density at radius 2 is 1.57 bits per heavy atom. The first-order valence-electron chi connectivity index (χ1n) is 12.1. The Hall–Kier alpha value is -2.27. The van der Waals surface area contributed by atoms with Gasteiger partial charge < -0.3 is 20.6 Å². The van der Waals surface area contributed by atoms with Crippen LogP contribution in [0.4, 0.5) is 0 Å². The number of allylic oxidation sites excluding steroid dienone is 1. The van der Waals surface area contributed by atoms with Crippen molar-refractivity contribution in [2.45, 2.75) is 73.4 Å². The van der Waals surface area contributed by atoms with E-state index < -0.39 is 42.3 Å². The fraction of sp³-hybridized carbons (Fsp3) is 0.560. The first-order chi connectivity index (χ1) is 16.4. The smallest absolute Gasteiger partial charge is 0.481 e. The van der Waals surface area contributed by atoms with Crippen LogP contribution in [0.25, 0.3) is 0 Å². The van der Waals surface area contributed by atoms with Crippen LogP contribution in [0.3, 0.4) is 0 Å². The molecule has 0 amide bonds. The van der Waals surface area contributed by atoms with Gasteiger partial charge in [0.25, 0.3) is 0 Å². The molecule has 9 nitrogen and oxygen atoms in total. The molecule has 0 spiro atoms.